The summed E-state index contributed by atoms with van der Waals surface area (Å²) in [5.74, 6) is 1.61. The van der Waals surface area contributed by atoms with Crippen LogP contribution in [0, 0.1) is 0 Å². The van der Waals surface area contributed by atoms with Crippen molar-refractivity contribution in [1.82, 2.24) is 19.5 Å². The highest BCUT2D eigenvalue weighted by atomic mass is 16.3. The van der Waals surface area contributed by atoms with E-state index in [1.54, 1.807) is 0 Å². The smallest absolute Gasteiger partial charge is 0.170 e. The highest BCUT2D eigenvalue weighted by molar-refractivity contribution is 6.24. The number of nitrogens with zero attached hydrogens (tertiary/aromatic N) is 4. The standard InChI is InChI=1S/C57H32N4O2/c1-2-16-36-32-47-44(31-35(36)15-1)51-38-19-6-4-14-34(38)27-29-45(51)61(47)46-30-28-40-39-20-7-9-24-48(39)63-54(40)53(46)57-59-55(41-22-11-17-33-13-3-5-18-37(33)41)58-56(60-57)43-23-12-26-50-52(43)42-21-8-10-25-49(42)62-50/h1-32H. The predicted octanol–water partition coefficient (Wildman–Crippen LogP) is 15.2. The first kappa shape index (κ1) is 34.1. The summed E-state index contributed by atoms with van der Waals surface area (Å²) in [7, 11) is 0. The van der Waals surface area contributed by atoms with Crippen LogP contribution in [0.4, 0.5) is 0 Å². The lowest BCUT2D eigenvalue weighted by molar-refractivity contribution is 0.668. The predicted molar refractivity (Wildman–Crippen MR) is 258 cm³/mol. The summed E-state index contributed by atoms with van der Waals surface area (Å²) in [6.07, 6.45) is 0. The molecule has 0 radical (unpaired) electrons. The van der Waals surface area contributed by atoms with Gasteiger partial charge in [0, 0.05) is 43.4 Å². The van der Waals surface area contributed by atoms with Crippen molar-refractivity contribution in [2.24, 2.45) is 0 Å². The van der Waals surface area contributed by atoms with Crippen LogP contribution in [0.5, 0.6) is 0 Å². The third-order valence-corrected chi connectivity index (χ3v) is 12.8. The van der Waals surface area contributed by atoms with E-state index < -0.39 is 0 Å². The molecule has 0 aliphatic rings. The normalized spacial score (nSPS) is 12.1. The van der Waals surface area contributed by atoms with Crippen molar-refractivity contribution in [2.45, 2.75) is 0 Å². The summed E-state index contributed by atoms with van der Waals surface area (Å²) in [5.41, 5.74) is 8.69. The molecule has 0 N–H and O–H groups in total. The van der Waals surface area contributed by atoms with E-state index in [1.165, 1.54) is 26.9 Å². The molecule has 0 atom stereocenters. The Morgan fingerprint density at radius 2 is 0.921 bits per heavy atom. The zero-order valence-electron chi connectivity index (χ0n) is 33.6. The third-order valence-electron chi connectivity index (χ3n) is 12.8. The second-order valence-electron chi connectivity index (χ2n) is 16.3. The molecule has 10 aromatic carbocycles. The van der Waals surface area contributed by atoms with Crippen LogP contribution in [-0.4, -0.2) is 19.5 Å². The number of hydrogen-bond donors (Lipinski definition) is 0. The fourth-order valence-corrected chi connectivity index (χ4v) is 10.0. The molecule has 6 nitrogen and oxygen atoms in total. The zero-order chi connectivity index (χ0) is 41.2. The quantitative estimate of drug-likeness (QED) is 0.177. The average Bonchev–Trinajstić information content (AvgIpc) is 4.02. The van der Waals surface area contributed by atoms with Gasteiger partial charge in [-0.3, -0.25) is 0 Å². The molecule has 292 valence electrons. The van der Waals surface area contributed by atoms with Crippen molar-refractivity contribution in [3.05, 3.63) is 194 Å². The Labute approximate surface area is 358 Å². The Morgan fingerprint density at radius 3 is 1.75 bits per heavy atom. The first-order valence-corrected chi connectivity index (χ1v) is 21.2. The minimum Gasteiger partial charge on any atom is -0.456 e. The number of furan rings is 2. The lowest BCUT2D eigenvalue weighted by Gasteiger charge is -2.16. The monoisotopic (exact) mass is 804 g/mol. The van der Waals surface area contributed by atoms with E-state index in [9.17, 15) is 0 Å². The van der Waals surface area contributed by atoms with Gasteiger partial charge in [0.1, 0.15) is 22.3 Å². The molecule has 14 rings (SSSR count). The molecule has 0 aliphatic carbocycles. The number of rotatable bonds is 4. The number of aromatic nitrogens is 4. The van der Waals surface area contributed by atoms with E-state index in [0.717, 1.165) is 87.9 Å². The molecule has 0 saturated carbocycles. The molecule has 0 spiro atoms. The van der Waals surface area contributed by atoms with Crippen LogP contribution in [-0.2, 0) is 0 Å². The van der Waals surface area contributed by atoms with Crippen LogP contribution in [0.3, 0.4) is 0 Å². The molecular weight excluding hydrogens is 773 g/mol. The molecule has 0 saturated heterocycles. The molecule has 0 unspecified atom stereocenters. The summed E-state index contributed by atoms with van der Waals surface area (Å²) in [4.78, 5) is 16.4. The van der Waals surface area contributed by atoms with Crippen LogP contribution in [0.1, 0.15) is 0 Å². The van der Waals surface area contributed by atoms with Crippen molar-refractivity contribution >= 4 is 98.0 Å². The Bertz CT molecular complexity index is 4230. The van der Waals surface area contributed by atoms with Gasteiger partial charge in [0.15, 0.2) is 17.5 Å². The molecule has 6 heteroatoms. The molecule has 14 aromatic rings. The van der Waals surface area contributed by atoms with Gasteiger partial charge >= 0.3 is 0 Å². The van der Waals surface area contributed by atoms with Gasteiger partial charge in [-0.05, 0) is 80.8 Å². The zero-order valence-corrected chi connectivity index (χ0v) is 33.6. The van der Waals surface area contributed by atoms with Gasteiger partial charge in [0.2, 0.25) is 0 Å². The highest BCUT2D eigenvalue weighted by Gasteiger charge is 2.26. The largest absolute Gasteiger partial charge is 0.456 e. The number of para-hydroxylation sites is 2. The minimum atomic E-state index is 0.504. The molecule has 0 bridgehead atoms. The first-order valence-electron chi connectivity index (χ1n) is 21.2. The Morgan fingerprint density at radius 1 is 0.333 bits per heavy atom. The van der Waals surface area contributed by atoms with Gasteiger partial charge in [-0.2, -0.15) is 0 Å². The molecule has 63 heavy (non-hydrogen) atoms. The first-order chi connectivity index (χ1) is 31.2. The van der Waals surface area contributed by atoms with E-state index in [2.05, 4.69) is 156 Å². The molecular formula is C57H32N4O2. The molecule has 4 heterocycles. The van der Waals surface area contributed by atoms with E-state index in [0.29, 0.717) is 23.1 Å². The maximum absolute atomic E-state index is 6.99. The summed E-state index contributed by atoms with van der Waals surface area (Å²) in [6.45, 7) is 0. The van der Waals surface area contributed by atoms with Crippen LogP contribution in [0.25, 0.3) is 138 Å². The summed E-state index contributed by atoms with van der Waals surface area (Å²) >= 11 is 0. The maximum atomic E-state index is 6.99. The SMILES string of the molecule is c1ccc2cc3c(cc2c1)c1c2ccccc2ccc1n3-c1ccc2c(oc3ccccc32)c1-c1nc(-c2cccc3ccccc23)nc(-c2cccc3oc4ccccc4c23)n1. The van der Waals surface area contributed by atoms with E-state index in [4.69, 9.17) is 23.8 Å². The molecule has 4 aromatic heterocycles. The van der Waals surface area contributed by atoms with Gasteiger partial charge in [-0.1, -0.05) is 146 Å². The second-order valence-corrected chi connectivity index (χ2v) is 16.3. The summed E-state index contributed by atoms with van der Waals surface area (Å²) < 4.78 is 15.8. The number of fused-ring (bicyclic) bond motifs is 13. The van der Waals surface area contributed by atoms with Crippen LogP contribution in [0.15, 0.2) is 203 Å². The van der Waals surface area contributed by atoms with Crippen molar-refractivity contribution < 1.29 is 8.83 Å². The summed E-state index contributed by atoms with van der Waals surface area (Å²) in [5, 5.41) is 13.2. The molecule has 0 aliphatic heterocycles. The van der Waals surface area contributed by atoms with Crippen LogP contribution >= 0.6 is 0 Å². The Balaban J connectivity index is 1.16. The fraction of sp³-hybridized carbons (Fsp3) is 0. The van der Waals surface area contributed by atoms with Gasteiger partial charge < -0.3 is 13.4 Å². The second kappa shape index (κ2) is 12.9. The fourth-order valence-electron chi connectivity index (χ4n) is 10.0. The van der Waals surface area contributed by atoms with Crippen molar-refractivity contribution in [3.8, 4) is 39.9 Å². The van der Waals surface area contributed by atoms with Gasteiger partial charge in [0.25, 0.3) is 0 Å². The van der Waals surface area contributed by atoms with Gasteiger partial charge in [-0.25, -0.2) is 15.0 Å². The van der Waals surface area contributed by atoms with Gasteiger partial charge in [0.05, 0.1) is 22.3 Å². The Kier molecular flexibility index (Phi) is 7.02. The topological polar surface area (TPSA) is 69.9 Å². The average molecular weight is 805 g/mol. The lowest BCUT2D eigenvalue weighted by atomic mass is 10.0. The van der Waals surface area contributed by atoms with E-state index >= 15 is 0 Å². The van der Waals surface area contributed by atoms with Gasteiger partial charge in [-0.15, -0.1) is 0 Å². The minimum absolute atomic E-state index is 0.504. The lowest BCUT2D eigenvalue weighted by Crippen LogP contribution is -2.04. The number of benzene rings is 10. The third kappa shape index (κ3) is 4.97. The van der Waals surface area contributed by atoms with E-state index in [1.807, 2.05) is 42.5 Å². The van der Waals surface area contributed by atoms with Crippen LogP contribution in [0.2, 0.25) is 0 Å². The Hall–Kier alpha value is -8.61. The highest BCUT2D eigenvalue weighted by Crippen LogP contribution is 2.45. The van der Waals surface area contributed by atoms with Crippen molar-refractivity contribution in [3.63, 3.8) is 0 Å². The maximum Gasteiger partial charge on any atom is 0.170 e. The molecule has 0 fully saturated rings. The van der Waals surface area contributed by atoms with E-state index in [-0.39, 0.29) is 0 Å². The van der Waals surface area contributed by atoms with Crippen molar-refractivity contribution in [1.29, 1.82) is 0 Å². The van der Waals surface area contributed by atoms with Crippen molar-refractivity contribution in [2.75, 3.05) is 0 Å². The molecule has 0 amide bonds. The van der Waals surface area contributed by atoms with Crippen LogP contribution < -0.4 is 0 Å². The summed E-state index contributed by atoms with van der Waals surface area (Å²) in [6, 6.07) is 68.0. The number of hydrogen-bond acceptors (Lipinski definition) is 5.